The first-order chi connectivity index (χ1) is 14.5. The van der Waals surface area contributed by atoms with Crippen molar-refractivity contribution >= 4 is 33.6 Å². The van der Waals surface area contributed by atoms with Crippen molar-refractivity contribution in [1.29, 1.82) is 0 Å². The summed E-state index contributed by atoms with van der Waals surface area (Å²) < 4.78 is 27.5. The van der Waals surface area contributed by atoms with Crippen LogP contribution in [-0.2, 0) is 14.8 Å². The lowest BCUT2D eigenvalue weighted by atomic mass is 9.96. The topological polar surface area (TPSA) is 107 Å². The van der Waals surface area contributed by atoms with Crippen LogP contribution in [0.3, 0.4) is 0 Å². The number of sulfonamides is 1. The summed E-state index contributed by atoms with van der Waals surface area (Å²) in [5.74, 6) is 0.0256. The van der Waals surface area contributed by atoms with Crippen LogP contribution in [0.25, 0.3) is 0 Å². The molecule has 0 spiro atoms. The Balaban J connectivity index is 1.70. The van der Waals surface area contributed by atoms with Gasteiger partial charge in [-0.3, -0.25) is 9.69 Å². The number of carbonyl (C=O) groups excluding carboxylic acids is 1. The molecule has 10 heteroatoms. The normalized spacial score (nSPS) is 24.7. The van der Waals surface area contributed by atoms with Crippen molar-refractivity contribution in [2.75, 3.05) is 20.1 Å². The summed E-state index contributed by atoms with van der Waals surface area (Å²) in [6.45, 7) is 4.65. The fourth-order valence-corrected chi connectivity index (χ4v) is 6.32. The molecule has 1 saturated heterocycles. The Morgan fingerprint density at radius 3 is 2.45 bits per heavy atom. The molecule has 1 heterocycles. The van der Waals surface area contributed by atoms with E-state index in [1.807, 2.05) is 13.8 Å². The minimum atomic E-state index is -3.63. The number of hydrogen-bond donors (Lipinski definition) is 2. The number of carbonyl (C=O) groups is 2. The Labute approximate surface area is 188 Å². The fraction of sp³-hybridized carbons (Fsp3) is 0.619. The second kappa shape index (κ2) is 9.34. The van der Waals surface area contributed by atoms with Crippen molar-refractivity contribution in [3.8, 4) is 0 Å². The second-order valence-electron chi connectivity index (χ2n) is 8.93. The predicted molar refractivity (Wildman–Crippen MR) is 117 cm³/mol. The molecule has 172 valence electrons. The SMILES string of the molecule is CC(C)CC(C(=O)N[C@@H]1CC[C@H]2CN(S(=O)(=O)c3ccc(Cl)cc3)C[C@H]21)N(C)C(=O)O. The molecule has 1 aliphatic heterocycles. The molecular formula is C21H30ClN3O5S. The largest absolute Gasteiger partial charge is 0.465 e. The number of nitrogens with one attached hydrogen (secondary N) is 1. The van der Waals surface area contributed by atoms with E-state index in [4.69, 9.17) is 11.6 Å². The lowest BCUT2D eigenvalue weighted by Crippen LogP contribution is -2.51. The van der Waals surface area contributed by atoms with Gasteiger partial charge in [-0.2, -0.15) is 4.31 Å². The molecule has 1 aromatic carbocycles. The van der Waals surface area contributed by atoms with Gasteiger partial charge < -0.3 is 10.4 Å². The molecule has 8 nitrogen and oxygen atoms in total. The van der Waals surface area contributed by atoms with E-state index in [0.29, 0.717) is 24.5 Å². The molecule has 0 aromatic heterocycles. The maximum absolute atomic E-state index is 13.0. The highest BCUT2D eigenvalue weighted by Crippen LogP contribution is 2.40. The van der Waals surface area contributed by atoms with Crippen LogP contribution in [0.1, 0.15) is 33.1 Å². The molecule has 1 unspecified atom stereocenters. The summed E-state index contributed by atoms with van der Waals surface area (Å²) in [5, 5.41) is 12.8. The smallest absolute Gasteiger partial charge is 0.407 e. The van der Waals surface area contributed by atoms with Crippen LogP contribution in [0.2, 0.25) is 5.02 Å². The lowest BCUT2D eigenvalue weighted by molar-refractivity contribution is -0.127. The molecule has 2 N–H and O–H groups in total. The molecule has 1 saturated carbocycles. The number of hydrogen-bond acceptors (Lipinski definition) is 4. The zero-order valence-corrected chi connectivity index (χ0v) is 19.6. The van der Waals surface area contributed by atoms with Gasteiger partial charge in [0.05, 0.1) is 4.90 Å². The third-order valence-electron chi connectivity index (χ3n) is 6.37. The highest BCUT2D eigenvalue weighted by molar-refractivity contribution is 7.89. The summed E-state index contributed by atoms with van der Waals surface area (Å²) in [6.07, 6.45) is 0.866. The summed E-state index contributed by atoms with van der Waals surface area (Å²) in [4.78, 5) is 25.6. The molecule has 0 bridgehead atoms. The van der Waals surface area contributed by atoms with E-state index >= 15 is 0 Å². The summed E-state index contributed by atoms with van der Waals surface area (Å²) in [6, 6.07) is 5.18. The first-order valence-electron chi connectivity index (χ1n) is 10.5. The van der Waals surface area contributed by atoms with Crippen molar-refractivity contribution in [1.82, 2.24) is 14.5 Å². The number of fused-ring (bicyclic) bond motifs is 1. The highest BCUT2D eigenvalue weighted by Gasteiger charge is 2.47. The van der Waals surface area contributed by atoms with Gasteiger partial charge in [-0.05, 0) is 61.3 Å². The average molecular weight is 472 g/mol. The van der Waals surface area contributed by atoms with Crippen LogP contribution in [0, 0.1) is 17.8 Å². The van der Waals surface area contributed by atoms with Crippen molar-refractivity contribution < 1.29 is 23.1 Å². The molecule has 3 rings (SSSR count). The monoisotopic (exact) mass is 471 g/mol. The van der Waals surface area contributed by atoms with Gasteiger partial charge in [-0.1, -0.05) is 25.4 Å². The lowest BCUT2D eigenvalue weighted by Gasteiger charge is -2.29. The van der Waals surface area contributed by atoms with E-state index in [2.05, 4.69) is 5.32 Å². The van der Waals surface area contributed by atoms with Gasteiger partial charge in [0.15, 0.2) is 0 Å². The number of amides is 2. The molecule has 1 aliphatic carbocycles. The summed E-state index contributed by atoms with van der Waals surface area (Å²) in [5.41, 5.74) is 0. The molecule has 2 aliphatic rings. The zero-order chi connectivity index (χ0) is 22.9. The van der Waals surface area contributed by atoms with E-state index in [1.165, 1.54) is 23.5 Å². The average Bonchev–Trinajstić information content (AvgIpc) is 3.28. The minimum Gasteiger partial charge on any atom is -0.465 e. The number of carboxylic acid groups (broad SMARTS) is 1. The Morgan fingerprint density at radius 2 is 1.87 bits per heavy atom. The third-order valence-corrected chi connectivity index (χ3v) is 8.47. The maximum atomic E-state index is 13.0. The van der Waals surface area contributed by atoms with Gasteiger partial charge in [0.1, 0.15) is 6.04 Å². The first kappa shape index (κ1) is 23.8. The first-order valence-corrected chi connectivity index (χ1v) is 12.3. The Bertz CT molecular complexity index is 921. The standard InChI is InChI=1S/C21H30ClN3O5S/c1-13(2)10-19(24(3)21(27)28)20(26)23-18-9-4-14-11-25(12-17(14)18)31(29,30)16-7-5-15(22)6-8-16/h5-8,13-14,17-19H,4,9-12H2,1-3H3,(H,23,26)(H,27,28)/t14-,17+,18+,19?/m0/s1. The molecular weight excluding hydrogens is 442 g/mol. The number of halogens is 1. The van der Waals surface area contributed by atoms with E-state index in [-0.39, 0.29) is 34.6 Å². The molecule has 2 amide bonds. The van der Waals surface area contributed by atoms with Gasteiger partial charge in [0.2, 0.25) is 15.9 Å². The van der Waals surface area contributed by atoms with Crippen molar-refractivity contribution in [3.63, 3.8) is 0 Å². The van der Waals surface area contributed by atoms with Crippen LogP contribution in [-0.4, -0.2) is 67.0 Å². The van der Waals surface area contributed by atoms with Crippen LogP contribution in [0.15, 0.2) is 29.2 Å². The quantitative estimate of drug-likeness (QED) is 0.635. The zero-order valence-electron chi connectivity index (χ0n) is 18.0. The fourth-order valence-electron chi connectivity index (χ4n) is 4.66. The number of benzene rings is 1. The van der Waals surface area contributed by atoms with Gasteiger partial charge in [-0.15, -0.1) is 0 Å². The minimum absolute atomic E-state index is 0.0147. The molecule has 2 fully saturated rings. The number of likely N-dealkylation sites (N-methyl/N-ethyl adjacent to an activating group) is 1. The van der Waals surface area contributed by atoms with E-state index in [1.54, 1.807) is 12.1 Å². The Kier molecular flexibility index (Phi) is 7.18. The van der Waals surface area contributed by atoms with Crippen LogP contribution in [0.4, 0.5) is 4.79 Å². The maximum Gasteiger partial charge on any atom is 0.407 e. The second-order valence-corrected chi connectivity index (χ2v) is 11.3. The number of nitrogens with zero attached hydrogens (tertiary/aromatic N) is 2. The van der Waals surface area contributed by atoms with E-state index in [0.717, 1.165) is 17.7 Å². The highest BCUT2D eigenvalue weighted by atomic mass is 35.5. The van der Waals surface area contributed by atoms with Crippen molar-refractivity contribution in [3.05, 3.63) is 29.3 Å². The predicted octanol–water partition coefficient (Wildman–Crippen LogP) is 2.88. The Hall–Kier alpha value is -1.84. The summed E-state index contributed by atoms with van der Waals surface area (Å²) in [7, 11) is -2.23. The van der Waals surface area contributed by atoms with Crippen LogP contribution >= 0.6 is 11.6 Å². The van der Waals surface area contributed by atoms with Crippen molar-refractivity contribution in [2.24, 2.45) is 17.8 Å². The molecule has 31 heavy (non-hydrogen) atoms. The van der Waals surface area contributed by atoms with Crippen LogP contribution in [0.5, 0.6) is 0 Å². The van der Waals surface area contributed by atoms with Crippen LogP contribution < -0.4 is 5.32 Å². The third kappa shape index (κ3) is 5.15. The molecule has 0 radical (unpaired) electrons. The number of rotatable bonds is 7. The van der Waals surface area contributed by atoms with Crippen molar-refractivity contribution in [2.45, 2.75) is 50.1 Å². The van der Waals surface area contributed by atoms with Gasteiger partial charge >= 0.3 is 6.09 Å². The summed E-state index contributed by atoms with van der Waals surface area (Å²) >= 11 is 5.88. The van der Waals surface area contributed by atoms with E-state index < -0.39 is 22.2 Å². The van der Waals surface area contributed by atoms with Gasteiger partial charge in [-0.25, -0.2) is 13.2 Å². The molecule has 4 atom stereocenters. The van der Waals surface area contributed by atoms with Gasteiger partial charge in [0.25, 0.3) is 0 Å². The van der Waals surface area contributed by atoms with Gasteiger partial charge in [0, 0.05) is 31.2 Å². The van der Waals surface area contributed by atoms with E-state index in [9.17, 15) is 23.1 Å². The Morgan fingerprint density at radius 1 is 1.23 bits per heavy atom. The molecule has 1 aromatic rings.